The number of benzene rings is 2. The van der Waals surface area contributed by atoms with E-state index < -0.39 is 82.5 Å². The van der Waals surface area contributed by atoms with E-state index in [0.717, 1.165) is 29.8 Å². The molecular formula is C29H29F6N5O6S. The number of carbonyl (C=O) groups is 1. The molecule has 3 heterocycles. The number of aliphatic hydroxyl groups is 4. The lowest BCUT2D eigenvalue weighted by Crippen LogP contribution is -2.67. The van der Waals surface area contributed by atoms with Crippen molar-refractivity contribution in [3.63, 3.8) is 0 Å². The molecule has 1 aliphatic carbocycles. The van der Waals surface area contributed by atoms with Crippen LogP contribution in [0.3, 0.4) is 0 Å². The number of hydrogen-bond donors (Lipinski definition) is 5. The summed E-state index contributed by atoms with van der Waals surface area (Å²) in [6.07, 6.45) is -7.01. The van der Waals surface area contributed by atoms with Crippen molar-refractivity contribution in [3.8, 4) is 11.3 Å². The molecule has 1 aromatic heterocycles. The van der Waals surface area contributed by atoms with Gasteiger partial charge in [-0.05, 0) is 36.6 Å². The van der Waals surface area contributed by atoms with E-state index in [1.165, 1.54) is 23.1 Å². The Bertz CT molecular complexity index is 1610. The van der Waals surface area contributed by atoms with E-state index >= 15 is 0 Å². The number of nitrogens with one attached hydrogen (secondary N) is 1. The van der Waals surface area contributed by atoms with Gasteiger partial charge < -0.3 is 35.4 Å². The molecule has 0 unspecified atom stereocenters. The first-order chi connectivity index (χ1) is 22.2. The number of nitrogens with zero attached hydrogens (tertiary/aromatic N) is 4. The fourth-order valence-electron chi connectivity index (χ4n) is 5.78. The Morgan fingerprint density at radius 2 is 1.77 bits per heavy atom. The molecule has 0 bridgehead atoms. The van der Waals surface area contributed by atoms with Crippen LogP contribution in [0.15, 0.2) is 42.6 Å². The minimum Gasteiger partial charge on any atom is -0.394 e. The maximum Gasteiger partial charge on any atom is 0.416 e. The Hall–Kier alpha value is -3.42. The first-order valence-corrected chi connectivity index (χ1v) is 15.4. The normalized spacial score (nSPS) is 26.5. The van der Waals surface area contributed by atoms with Gasteiger partial charge in [-0.15, -0.1) is 16.9 Å². The molecule has 6 atom stereocenters. The third kappa shape index (κ3) is 6.54. The number of aliphatic hydroxyl groups excluding tert-OH is 3. The van der Waals surface area contributed by atoms with E-state index in [-0.39, 0.29) is 36.0 Å². The minimum absolute atomic E-state index is 0.00436. The molecule has 1 saturated carbocycles. The zero-order valence-corrected chi connectivity index (χ0v) is 25.0. The third-order valence-electron chi connectivity index (χ3n) is 8.37. The first-order valence-electron chi connectivity index (χ1n) is 14.5. The van der Waals surface area contributed by atoms with E-state index in [1.54, 1.807) is 0 Å². The van der Waals surface area contributed by atoms with E-state index in [0.29, 0.717) is 23.9 Å². The van der Waals surface area contributed by atoms with E-state index in [4.69, 9.17) is 4.74 Å². The number of thioether (sulfide) groups is 1. The van der Waals surface area contributed by atoms with Gasteiger partial charge in [0, 0.05) is 11.6 Å². The molecule has 3 fully saturated rings. The summed E-state index contributed by atoms with van der Waals surface area (Å²) in [6, 6.07) is 3.89. The highest BCUT2D eigenvalue weighted by atomic mass is 32.2. The highest BCUT2D eigenvalue weighted by molar-refractivity contribution is 8.00. The monoisotopic (exact) mass is 689 g/mol. The maximum absolute atomic E-state index is 14.2. The van der Waals surface area contributed by atoms with Gasteiger partial charge in [0.2, 0.25) is 0 Å². The van der Waals surface area contributed by atoms with Crippen LogP contribution in [0.1, 0.15) is 35.3 Å². The van der Waals surface area contributed by atoms with Gasteiger partial charge in [0.25, 0.3) is 0 Å². The quantitative estimate of drug-likeness (QED) is 0.178. The van der Waals surface area contributed by atoms with Crippen molar-refractivity contribution in [3.05, 3.63) is 71.2 Å². The number of rotatable bonds is 8. The summed E-state index contributed by atoms with van der Waals surface area (Å²) in [6.45, 7) is -1.49. The summed E-state index contributed by atoms with van der Waals surface area (Å²) < 4.78 is 90.5. The van der Waals surface area contributed by atoms with Crippen molar-refractivity contribution < 1.29 is 56.3 Å². The Kier molecular flexibility index (Phi) is 8.94. The first kappa shape index (κ1) is 33.5. The smallest absolute Gasteiger partial charge is 0.394 e. The van der Waals surface area contributed by atoms with Crippen molar-refractivity contribution in [2.75, 3.05) is 19.7 Å². The zero-order valence-electron chi connectivity index (χ0n) is 24.2. The lowest BCUT2D eigenvalue weighted by Gasteiger charge is -2.52. The second-order valence-corrected chi connectivity index (χ2v) is 13.0. The SMILES string of the molecule is O=C(NC1CC1)N1CC(O)([C@H](S[C@@H]2O[C@H](CO)[C@H](O)[C@H](n3cc(-c4cc(F)c(F)c(F)c4)nn3)[C@H]2O)c2ccccc2C(F)(F)F)C1. The lowest BCUT2D eigenvalue weighted by molar-refractivity contribution is -0.179. The highest BCUT2D eigenvalue weighted by Crippen LogP contribution is 2.51. The lowest BCUT2D eigenvalue weighted by atomic mass is 9.84. The van der Waals surface area contributed by atoms with Crippen molar-refractivity contribution in [1.82, 2.24) is 25.2 Å². The molecule has 47 heavy (non-hydrogen) atoms. The Labute approximate surface area is 267 Å². The zero-order chi connectivity index (χ0) is 33.8. The number of urea groups is 1. The molecule has 3 aromatic rings. The predicted molar refractivity (Wildman–Crippen MR) is 152 cm³/mol. The molecule has 3 aliphatic rings. The molecule has 6 rings (SSSR count). The van der Waals surface area contributed by atoms with Crippen LogP contribution in [0.25, 0.3) is 11.3 Å². The predicted octanol–water partition coefficient (Wildman–Crippen LogP) is 2.75. The number of ether oxygens (including phenoxy) is 1. The summed E-state index contributed by atoms with van der Waals surface area (Å²) >= 11 is 0.603. The number of β-amino-alcohol motifs (C(OH)–C–C–N with tert-alkyl or cyclic N) is 1. The average Bonchev–Trinajstić information content (AvgIpc) is 3.69. The summed E-state index contributed by atoms with van der Waals surface area (Å²) in [5.74, 6) is -4.70. The number of halogens is 6. The topological polar surface area (TPSA) is 153 Å². The van der Waals surface area contributed by atoms with Gasteiger partial charge in [0.1, 0.15) is 41.1 Å². The van der Waals surface area contributed by atoms with Crippen molar-refractivity contribution >= 4 is 17.8 Å². The van der Waals surface area contributed by atoms with Gasteiger partial charge >= 0.3 is 12.2 Å². The molecule has 2 aliphatic heterocycles. The number of aromatic nitrogens is 3. The number of carbonyl (C=O) groups excluding carboxylic acids is 1. The highest BCUT2D eigenvalue weighted by Gasteiger charge is 2.55. The number of hydrogen-bond acceptors (Lipinski definition) is 9. The Morgan fingerprint density at radius 3 is 2.38 bits per heavy atom. The van der Waals surface area contributed by atoms with Gasteiger partial charge in [0.05, 0.1) is 36.7 Å². The summed E-state index contributed by atoms with van der Waals surface area (Å²) in [7, 11) is 0. The molecular weight excluding hydrogens is 660 g/mol. The van der Waals surface area contributed by atoms with Gasteiger partial charge in [0.15, 0.2) is 17.5 Å². The number of alkyl halides is 3. The van der Waals surface area contributed by atoms with Gasteiger partial charge in [-0.2, -0.15) is 13.2 Å². The average molecular weight is 690 g/mol. The standard InChI is InChI=1S/C29H29F6N5O6S/c30-17-7-13(8-18(31)21(17)32)19-9-40(38-37-19)22-23(42)20(10-41)46-26(24(22)43)47-25(15-3-1-2-4-16(15)29(33,34)35)28(45)11-39(12-28)27(44)36-14-5-6-14/h1-4,7-9,14,20,22-26,41-43,45H,5-6,10-12H2,(H,36,44)/t20-,22+,23+,24-,25-,26+/m1/s1. The molecule has 254 valence electrons. The second-order valence-electron chi connectivity index (χ2n) is 11.8. The third-order valence-corrected chi connectivity index (χ3v) is 10.00. The molecule has 0 radical (unpaired) electrons. The van der Waals surface area contributed by atoms with Crippen LogP contribution in [-0.2, 0) is 10.9 Å². The number of likely N-dealkylation sites (tertiary alicyclic amines) is 1. The molecule has 2 saturated heterocycles. The van der Waals surface area contributed by atoms with Crippen molar-refractivity contribution in [2.24, 2.45) is 0 Å². The summed E-state index contributed by atoms with van der Waals surface area (Å²) in [4.78, 5) is 13.8. The van der Waals surface area contributed by atoms with E-state index in [1.807, 2.05) is 0 Å². The van der Waals surface area contributed by atoms with E-state index in [2.05, 4.69) is 15.6 Å². The maximum atomic E-state index is 14.2. The van der Waals surface area contributed by atoms with Crippen LogP contribution < -0.4 is 5.32 Å². The van der Waals surface area contributed by atoms with Gasteiger partial charge in [-0.1, -0.05) is 23.4 Å². The van der Waals surface area contributed by atoms with Crippen LogP contribution in [0.4, 0.5) is 31.1 Å². The summed E-state index contributed by atoms with van der Waals surface area (Å²) in [5, 5.41) is 53.1. The van der Waals surface area contributed by atoms with Gasteiger partial charge in [-0.3, -0.25) is 0 Å². The fourth-order valence-corrected chi connectivity index (χ4v) is 7.33. The van der Waals surface area contributed by atoms with Crippen LogP contribution in [-0.4, -0.2) is 101 Å². The van der Waals surface area contributed by atoms with Crippen LogP contribution in [0.5, 0.6) is 0 Å². The molecule has 18 heteroatoms. The largest absolute Gasteiger partial charge is 0.416 e. The molecule has 0 spiro atoms. The van der Waals surface area contributed by atoms with Gasteiger partial charge in [-0.25, -0.2) is 22.6 Å². The molecule has 11 nitrogen and oxygen atoms in total. The fraction of sp³-hybridized carbons (Fsp3) is 0.483. The molecule has 2 aromatic carbocycles. The number of amides is 2. The van der Waals surface area contributed by atoms with Crippen molar-refractivity contribution in [1.29, 1.82) is 0 Å². The second kappa shape index (κ2) is 12.6. The summed E-state index contributed by atoms with van der Waals surface area (Å²) in [5.41, 5.74) is -5.24. The Morgan fingerprint density at radius 1 is 1.11 bits per heavy atom. The van der Waals surface area contributed by atoms with Crippen LogP contribution >= 0.6 is 11.8 Å². The van der Waals surface area contributed by atoms with Crippen molar-refractivity contribution in [2.45, 2.75) is 65.7 Å². The van der Waals surface area contributed by atoms with Crippen LogP contribution in [0.2, 0.25) is 0 Å². The minimum atomic E-state index is -4.84. The molecule has 5 N–H and O–H groups in total. The van der Waals surface area contributed by atoms with E-state index in [9.17, 15) is 51.6 Å². The van der Waals surface area contributed by atoms with Crippen LogP contribution in [0, 0.1) is 17.5 Å². The Balaban J connectivity index is 1.32. The molecule has 2 amide bonds.